The van der Waals surface area contributed by atoms with Crippen LogP contribution in [0.5, 0.6) is 0 Å². The molecule has 5 heteroatoms. The molecule has 3 aromatic carbocycles. The first kappa shape index (κ1) is 25.6. The number of carbonyl (C=O) groups is 2. The van der Waals surface area contributed by atoms with E-state index in [1.54, 1.807) is 23.1 Å². The SMILES string of the molecule is Cc1ccccc1CC(=O)N(Cc1ccccc1F)C(Cc1ccccc1)C(=O)NC1CCCCC1. The van der Waals surface area contributed by atoms with E-state index < -0.39 is 6.04 Å². The highest BCUT2D eigenvalue weighted by molar-refractivity contribution is 5.89. The van der Waals surface area contributed by atoms with Gasteiger partial charge in [-0.25, -0.2) is 4.39 Å². The van der Waals surface area contributed by atoms with Crippen LogP contribution in [0.4, 0.5) is 4.39 Å². The average molecular weight is 487 g/mol. The van der Waals surface area contributed by atoms with Gasteiger partial charge in [0.1, 0.15) is 11.9 Å². The Balaban J connectivity index is 1.67. The van der Waals surface area contributed by atoms with Crippen molar-refractivity contribution in [1.82, 2.24) is 10.2 Å². The lowest BCUT2D eigenvalue weighted by Crippen LogP contribution is -2.53. The zero-order valence-corrected chi connectivity index (χ0v) is 21.0. The van der Waals surface area contributed by atoms with Crippen molar-refractivity contribution < 1.29 is 14.0 Å². The molecule has 2 amide bonds. The third-order valence-corrected chi connectivity index (χ3v) is 7.12. The molecule has 1 atom stereocenters. The van der Waals surface area contributed by atoms with Crippen LogP contribution in [0.15, 0.2) is 78.9 Å². The highest BCUT2D eigenvalue weighted by atomic mass is 19.1. The van der Waals surface area contributed by atoms with Gasteiger partial charge in [0.15, 0.2) is 0 Å². The van der Waals surface area contributed by atoms with E-state index >= 15 is 0 Å². The molecule has 0 heterocycles. The number of nitrogens with one attached hydrogen (secondary N) is 1. The first-order chi connectivity index (χ1) is 17.5. The van der Waals surface area contributed by atoms with Crippen LogP contribution in [-0.4, -0.2) is 28.8 Å². The second kappa shape index (κ2) is 12.5. The Labute approximate surface area is 213 Å². The predicted molar refractivity (Wildman–Crippen MR) is 141 cm³/mol. The number of hydrogen-bond acceptors (Lipinski definition) is 2. The summed E-state index contributed by atoms with van der Waals surface area (Å²) in [5.41, 5.74) is 3.29. The third-order valence-electron chi connectivity index (χ3n) is 7.12. The van der Waals surface area contributed by atoms with Crippen LogP contribution in [0.2, 0.25) is 0 Å². The van der Waals surface area contributed by atoms with E-state index in [1.807, 2.05) is 61.5 Å². The van der Waals surface area contributed by atoms with Crippen molar-refractivity contribution in [2.75, 3.05) is 0 Å². The highest BCUT2D eigenvalue weighted by Gasteiger charge is 2.32. The summed E-state index contributed by atoms with van der Waals surface area (Å²) in [6, 6.07) is 23.3. The van der Waals surface area contributed by atoms with Crippen molar-refractivity contribution >= 4 is 11.8 Å². The quantitative estimate of drug-likeness (QED) is 0.418. The van der Waals surface area contributed by atoms with E-state index in [0.717, 1.165) is 42.4 Å². The molecule has 0 spiro atoms. The number of hydrogen-bond donors (Lipinski definition) is 1. The van der Waals surface area contributed by atoms with E-state index in [9.17, 15) is 14.0 Å². The van der Waals surface area contributed by atoms with Crippen LogP contribution >= 0.6 is 0 Å². The van der Waals surface area contributed by atoms with Crippen molar-refractivity contribution in [3.63, 3.8) is 0 Å². The molecule has 0 saturated heterocycles. The smallest absolute Gasteiger partial charge is 0.243 e. The molecule has 1 aliphatic carbocycles. The lowest BCUT2D eigenvalue weighted by molar-refractivity contribution is -0.141. The summed E-state index contributed by atoms with van der Waals surface area (Å²) in [5.74, 6) is -0.732. The maximum absolute atomic E-state index is 14.7. The third kappa shape index (κ3) is 6.81. The van der Waals surface area contributed by atoms with Gasteiger partial charge in [0.25, 0.3) is 0 Å². The number of carbonyl (C=O) groups excluding carboxylic acids is 2. The van der Waals surface area contributed by atoms with Crippen LogP contribution in [-0.2, 0) is 29.0 Å². The molecule has 4 rings (SSSR count). The molecule has 1 unspecified atom stereocenters. The molecule has 4 nitrogen and oxygen atoms in total. The molecule has 0 bridgehead atoms. The van der Waals surface area contributed by atoms with Gasteiger partial charge < -0.3 is 10.2 Å². The Morgan fingerprint density at radius 3 is 2.22 bits per heavy atom. The fourth-order valence-electron chi connectivity index (χ4n) is 4.98. The average Bonchev–Trinajstić information content (AvgIpc) is 2.89. The largest absolute Gasteiger partial charge is 0.352 e. The number of nitrogens with zero attached hydrogens (tertiary/aromatic N) is 1. The summed E-state index contributed by atoms with van der Waals surface area (Å²) in [6.45, 7) is 2.01. The number of aryl methyl sites for hydroxylation is 1. The van der Waals surface area contributed by atoms with Gasteiger partial charge in [-0.3, -0.25) is 9.59 Å². The van der Waals surface area contributed by atoms with Crippen LogP contribution in [0.1, 0.15) is 54.4 Å². The molecular weight excluding hydrogens is 451 g/mol. The molecule has 36 heavy (non-hydrogen) atoms. The number of halogens is 1. The van der Waals surface area contributed by atoms with Crippen molar-refractivity contribution in [3.05, 3.63) is 107 Å². The van der Waals surface area contributed by atoms with E-state index in [2.05, 4.69) is 5.32 Å². The normalized spacial score (nSPS) is 14.7. The molecule has 0 aliphatic heterocycles. The maximum atomic E-state index is 14.7. The van der Waals surface area contributed by atoms with Crippen molar-refractivity contribution in [2.24, 2.45) is 0 Å². The molecule has 0 radical (unpaired) electrons. The summed E-state index contributed by atoms with van der Waals surface area (Å²) >= 11 is 0. The van der Waals surface area contributed by atoms with Gasteiger partial charge in [0.2, 0.25) is 11.8 Å². The molecule has 1 fully saturated rings. The van der Waals surface area contributed by atoms with Gasteiger partial charge in [0, 0.05) is 24.6 Å². The van der Waals surface area contributed by atoms with Crippen molar-refractivity contribution in [2.45, 2.75) is 70.5 Å². The van der Waals surface area contributed by atoms with E-state index in [0.29, 0.717) is 12.0 Å². The van der Waals surface area contributed by atoms with Crippen LogP contribution < -0.4 is 5.32 Å². The maximum Gasteiger partial charge on any atom is 0.243 e. The van der Waals surface area contributed by atoms with Gasteiger partial charge >= 0.3 is 0 Å². The lowest BCUT2D eigenvalue weighted by atomic mass is 9.94. The van der Waals surface area contributed by atoms with Crippen molar-refractivity contribution in [1.29, 1.82) is 0 Å². The minimum Gasteiger partial charge on any atom is -0.352 e. The number of amides is 2. The van der Waals surface area contributed by atoms with Gasteiger partial charge in [-0.15, -0.1) is 0 Å². The second-order valence-electron chi connectivity index (χ2n) is 9.77. The monoisotopic (exact) mass is 486 g/mol. The van der Waals surface area contributed by atoms with Crippen LogP contribution in [0.25, 0.3) is 0 Å². The summed E-state index contributed by atoms with van der Waals surface area (Å²) in [5, 5.41) is 3.22. The second-order valence-corrected chi connectivity index (χ2v) is 9.77. The fraction of sp³-hybridized carbons (Fsp3) is 0.355. The summed E-state index contributed by atoms with van der Waals surface area (Å²) in [4.78, 5) is 29.2. The Hall–Kier alpha value is -3.47. The molecule has 188 valence electrons. The van der Waals surface area contributed by atoms with Gasteiger partial charge in [-0.2, -0.15) is 0 Å². The first-order valence-corrected chi connectivity index (χ1v) is 12.9. The van der Waals surface area contributed by atoms with Crippen LogP contribution in [0.3, 0.4) is 0 Å². The van der Waals surface area contributed by atoms with Gasteiger partial charge in [-0.05, 0) is 42.5 Å². The lowest BCUT2D eigenvalue weighted by Gasteiger charge is -2.33. The number of rotatable bonds is 9. The Kier molecular flexibility index (Phi) is 8.88. The predicted octanol–water partition coefficient (Wildman–Crippen LogP) is 5.77. The fourth-order valence-corrected chi connectivity index (χ4v) is 4.98. The Bertz CT molecular complexity index is 1160. The topological polar surface area (TPSA) is 49.4 Å². The standard InChI is InChI=1S/C31H35FN2O2/c1-23-12-8-9-15-25(23)21-30(35)34(22-26-16-10-11-19-28(26)32)29(20-24-13-4-2-5-14-24)31(36)33-27-17-6-3-7-18-27/h2,4-5,8-16,19,27,29H,3,6-7,17-18,20-22H2,1H3,(H,33,36). The minimum atomic E-state index is -0.745. The molecule has 1 aliphatic rings. The molecular formula is C31H35FN2O2. The van der Waals surface area contributed by atoms with Crippen molar-refractivity contribution in [3.8, 4) is 0 Å². The van der Waals surface area contributed by atoms with E-state index in [1.165, 1.54) is 12.5 Å². The zero-order chi connectivity index (χ0) is 25.3. The summed E-state index contributed by atoms with van der Waals surface area (Å²) in [6.07, 6.45) is 5.81. The van der Waals surface area contributed by atoms with Gasteiger partial charge in [-0.1, -0.05) is 92.1 Å². The number of benzene rings is 3. The summed E-state index contributed by atoms with van der Waals surface area (Å²) < 4.78 is 14.7. The van der Waals surface area contributed by atoms with Gasteiger partial charge in [0.05, 0.1) is 6.42 Å². The molecule has 0 aromatic heterocycles. The minimum absolute atomic E-state index is 0.0347. The molecule has 1 N–H and O–H groups in total. The highest BCUT2D eigenvalue weighted by Crippen LogP contribution is 2.21. The Morgan fingerprint density at radius 1 is 0.889 bits per heavy atom. The van der Waals surface area contributed by atoms with E-state index in [-0.39, 0.29) is 36.6 Å². The first-order valence-electron chi connectivity index (χ1n) is 12.9. The van der Waals surface area contributed by atoms with E-state index in [4.69, 9.17) is 0 Å². The van der Waals surface area contributed by atoms with Crippen LogP contribution in [0, 0.1) is 12.7 Å². The molecule has 3 aromatic rings. The zero-order valence-electron chi connectivity index (χ0n) is 21.0. The summed E-state index contributed by atoms with van der Waals surface area (Å²) in [7, 11) is 0. The molecule has 1 saturated carbocycles. The Morgan fingerprint density at radius 2 is 1.53 bits per heavy atom.